The number of aromatic nitrogens is 2. The van der Waals surface area contributed by atoms with E-state index >= 15 is 0 Å². The number of hydrogen-bond donors (Lipinski definition) is 3. The molecule has 0 amide bonds. The van der Waals surface area contributed by atoms with Gasteiger partial charge in [-0.1, -0.05) is 31.1 Å². The van der Waals surface area contributed by atoms with Gasteiger partial charge in [0, 0.05) is 47.3 Å². The summed E-state index contributed by atoms with van der Waals surface area (Å²) in [5.74, 6) is 3.97. The summed E-state index contributed by atoms with van der Waals surface area (Å²) in [5, 5.41) is 14.1. The van der Waals surface area contributed by atoms with Crippen LogP contribution in [0, 0.1) is 12.8 Å². The standard InChI is InChI=1S/C19H23N3OS2.C4H11N/c1-12-16-11-25(24)10-15(16)4-5-17(12)20-19-9-18(21-22-19)14-3-2-13(8-14)6-7-23;1-4(2)5-3/h4-5,7,9,13-14H,2-3,6,8,10-11H2,1H3,(H2,20,21,22);4-5H,1-3H3. The van der Waals surface area contributed by atoms with E-state index in [0.29, 0.717) is 24.3 Å². The van der Waals surface area contributed by atoms with Crippen LogP contribution < -0.4 is 10.6 Å². The van der Waals surface area contributed by atoms with E-state index in [1.807, 2.05) is 7.05 Å². The number of benzene rings is 1. The molecule has 5 nitrogen and oxygen atoms in total. The highest BCUT2D eigenvalue weighted by molar-refractivity contribution is 8.28. The van der Waals surface area contributed by atoms with Gasteiger partial charge in [-0.3, -0.25) is 5.10 Å². The number of hydrogen-bond acceptors (Lipinski definition) is 5. The van der Waals surface area contributed by atoms with Gasteiger partial charge in [-0.2, -0.15) is 5.10 Å². The zero-order valence-electron chi connectivity index (χ0n) is 18.5. The molecule has 1 fully saturated rings. The fourth-order valence-corrected chi connectivity index (χ4v) is 6.30. The van der Waals surface area contributed by atoms with Gasteiger partial charge in [0.05, 0.1) is 0 Å². The fraction of sp³-hybridized carbons (Fsp3) is 0.565. The fourth-order valence-electron chi connectivity index (χ4n) is 4.13. The topological polar surface area (TPSA) is 69.8 Å². The SMILES string of the molecule is CNC(C)C.Cc1c(Nc2cc(C3CCC(CC=O)C3)[nH]n2)ccc2c1CS(=S)C2. The molecule has 2 aromatic rings. The Hall–Kier alpha value is -1.57. The van der Waals surface area contributed by atoms with Gasteiger partial charge in [0.25, 0.3) is 0 Å². The summed E-state index contributed by atoms with van der Waals surface area (Å²) in [4.78, 5) is 10.7. The minimum absolute atomic E-state index is 0.0716. The van der Waals surface area contributed by atoms with Gasteiger partial charge in [-0.05, 0) is 61.9 Å². The van der Waals surface area contributed by atoms with E-state index in [1.54, 1.807) is 0 Å². The highest BCUT2D eigenvalue weighted by Crippen LogP contribution is 2.39. The molecule has 0 saturated heterocycles. The first-order valence-electron chi connectivity index (χ1n) is 10.8. The second-order valence-electron chi connectivity index (χ2n) is 8.66. The van der Waals surface area contributed by atoms with Gasteiger partial charge in [-0.15, -0.1) is 9.45 Å². The van der Waals surface area contributed by atoms with Crippen molar-refractivity contribution >= 4 is 38.4 Å². The van der Waals surface area contributed by atoms with Crippen molar-refractivity contribution in [1.29, 1.82) is 0 Å². The van der Waals surface area contributed by atoms with Crippen LogP contribution in [0.5, 0.6) is 0 Å². The number of aldehydes is 1. The molecular formula is C23H34N4OS2. The summed E-state index contributed by atoms with van der Waals surface area (Å²) < 4.78 is 0. The molecule has 3 unspecified atom stereocenters. The molecule has 1 aliphatic carbocycles. The molecular weight excluding hydrogens is 412 g/mol. The van der Waals surface area contributed by atoms with E-state index in [1.165, 1.54) is 22.4 Å². The molecule has 0 bridgehead atoms. The molecule has 164 valence electrons. The molecule has 3 N–H and O–H groups in total. The van der Waals surface area contributed by atoms with Crippen LogP contribution >= 0.6 is 0 Å². The molecule has 0 spiro atoms. The average Bonchev–Trinajstić information content (AvgIpc) is 3.44. The third kappa shape index (κ3) is 5.77. The first-order valence-corrected chi connectivity index (χ1v) is 13.3. The van der Waals surface area contributed by atoms with Crippen molar-refractivity contribution in [2.75, 3.05) is 12.4 Å². The first-order chi connectivity index (χ1) is 14.4. The highest BCUT2D eigenvalue weighted by atomic mass is 32.8. The molecule has 1 aliphatic heterocycles. The lowest BCUT2D eigenvalue weighted by molar-refractivity contribution is -0.108. The van der Waals surface area contributed by atoms with Crippen molar-refractivity contribution < 1.29 is 4.79 Å². The maximum atomic E-state index is 10.7. The van der Waals surface area contributed by atoms with Crippen molar-refractivity contribution in [2.24, 2.45) is 5.92 Å². The Morgan fingerprint density at radius 3 is 2.80 bits per heavy atom. The summed E-state index contributed by atoms with van der Waals surface area (Å²) in [6.45, 7) is 6.40. The van der Waals surface area contributed by atoms with E-state index in [0.717, 1.165) is 48.6 Å². The number of carbonyl (C=O) groups is 1. The average molecular weight is 447 g/mol. The van der Waals surface area contributed by atoms with E-state index in [-0.39, 0.29) is 9.45 Å². The van der Waals surface area contributed by atoms with Gasteiger partial charge in [0.2, 0.25) is 0 Å². The summed E-state index contributed by atoms with van der Waals surface area (Å²) in [7, 11) is 2.02. The van der Waals surface area contributed by atoms with Gasteiger partial charge in [0.1, 0.15) is 6.29 Å². The van der Waals surface area contributed by atoms with Crippen molar-refractivity contribution in [3.05, 3.63) is 40.6 Å². The zero-order chi connectivity index (χ0) is 21.7. The van der Waals surface area contributed by atoms with Crippen molar-refractivity contribution in [3.8, 4) is 0 Å². The normalized spacial score (nSPS) is 22.5. The smallest absolute Gasteiger partial charge is 0.152 e. The monoisotopic (exact) mass is 446 g/mol. The molecule has 2 aliphatic rings. The van der Waals surface area contributed by atoms with Gasteiger partial charge < -0.3 is 15.4 Å². The number of H-pyrrole nitrogens is 1. The summed E-state index contributed by atoms with van der Waals surface area (Å²) in [5.41, 5.74) is 6.44. The first kappa shape index (κ1) is 23.1. The van der Waals surface area contributed by atoms with Crippen LogP contribution in [-0.2, 0) is 36.9 Å². The zero-order valence-corrected chi connectivity index (χ0v) is 20.1. The molecule has 1 aromatic heterocycles. The molecule has 30 heavy (non-hydrogen) atoms. The second kappa shape index (κ2) is 10.6. The van der Waals surface area contributed by atoms with Crippen LogP contribution in [-0.4, -0.2) is 29.6 Å². The van der Waals surface area contributed by atoms with Crippen LogP contribution in [0.3, 0.4) is 0 Å². The van der Waals surface area contributed by atoms with E-state index < -0.39 is 0 Å². The summed E-state index contributed by atoms with van der Waals surface area (Å²) in [6, 6.07) is 7.11. The van der Waals surface area contributed by atoms with Crippen molar-refractivity contribution in [1.82, 2.24) is 15.5 Å². The molecule has 7 heteroatoms. The lowest BCUT2D eigenvalue weighted by Gasteiger charge is -2.11. The maximum Gasteiger partial charge on any atom is 0.152 e. The van der Waals surface area contributed by atoms with Crippen LogP contribution in [0.15, 0.2) is 18.2 Å². The Morgan fingerprint density at radius 2 is 2.10 bits per heavy atom. The molecule has 4 rings (SSSR count). The lowest BCUT2D eigenvalue weighted by atomic mass is 10.00. The lowest BCUT2D eigenvalue weighted by Crippen LogP contribution is -2.15. The maximum absolute atomic E-state index is 10.7. The Kier molecular flexibility index (Phi) is 8.20. The number of nitrogens with zero attached hydrogens (tertiary/aromatic N) is 1. The van der Waals surface area contributed by atoms with Gasteiger partial charge >= 0.3 is 0 Å². The summed E-state index contributed by atoms with van der Waals surface area (Å²) in [6.07, 6.45) is 5.10. The predicted octanol–water partition coefficient (Wildman–Crippen LogP) is 4.64. The third-order valence-corrected chi connectivity index (χ3v) is 8.12. The van der Waals surface area contributed by atoms with E-state index in [2.05, 4.69) is 59.8 Å². The van der Waals surface area contributed by atoms with Gasteiger partial charge in [0.15, 0.2) is 5.82 Å². The van der Waals surface area contributed by atoms with Gasteiger partial charge in [-0.25, -0.2) is 0 Å². The molecule has 2 heterocycles. The number of nitrogens with one attached hydrogen (secondary N) is 3. The third-order valence-electron chi connectivity index (χ3n) is 6.17. The van der Waals surface area contributed by atoms with Crippen LogP contribution in [0.25, 0.3) is 0 Å². The Labute approximate surface area is 187 Å². The van der Waals surface area contributed by atoms with Crippen LogP contribution in [0.2, 0.25) is 0 Å². The minimum atomic E-state index is 0.0716. The Morgan fingerprint density at radius 1 is 1.33 bits per heavy atom. The predicted molar refractivity (Wildman–Crippen MR) is 130 cm³/mol. The van der Waals surface area contributed by atoms with Crippen molar-refractivity contribution in [3.63, 3.8) is 0 Å². The second-order valence-corrected chi connectivity index (χ2v) is 11.5. The highest BCUT2D eigenvalue weighted by Gasteiger charge is 2.27. The number of fused-ring (bicyclic) bond motifs is 1. The number of aromatic amines is 1. The molecule has 1 saturated carbocycles. The number of anilines is 2. The van der Waals surface area contributed by atoms with E-state index in [4.69, 9.17) is 11.2 Å². The molecule has 3 atom stereocenters. The van der Waals surface area contributed by atoms with Crippen molar-refractivity contribution in [2.45, 2.75) is 69.9 Å². The quantitative estimate of drug-likeness (QED) is 0.564. The number of rotatable bonds is 6. The Balaban J connectivity index is 0.000000461. The van der Waals surface area contributed by atoms with Crippen LogP contribution in [0.4, 0.5) is 11.5 Å². The van der Waals surface area contributed by atoms with Crippen LogP contribution in [0.1, 0.15) is 67.8 Å². The largest absolute Gasteiger partial charge is 0.339 e. The minimum Gasteiger partial charge on any atom is -0.339 e. The molecule has 1 aromatic carbocycles. The Bertz CT molecular complexity index is 893. The number of carbonyl (C=O) groups excluding carboxylic acids is 1. The van der Waals surface area contributed by atoms with E-state index in [9.17, 15) is 4.79 Å². The summed E-state index contributed by atoms with van der Waals surface area (Å²) >= 11 is 5.50. The molecule has 0 radical (unpaired) electrons.